The molecule has 1 fully saturated rings. The highest BCUT2D eigenvalue weighted by Crippen LogP contribution is 2.21. The molecule has 0 aromatic heterocycles. The van der Waals surface area contributed by atoms with Gasteiger partial charge in [0.15, 0.2) is 0 Å². The number of carboxylic acids is 1. The highest BCUT2D eigenvalue weighted by atomic mass is 16.5. The molecule has 8 heteroatoms. The van der Waals surface area contributed by atoms with Crippen molar-refractivity contribution in [3.05, 3.63) is 0 Å². The van der Waals surface area contributed by atoms with Crippen molar-refractivity contribution in [3.8, 4) is 0 Å². The Hall–Kier alpha value is -1.83. The monoisotopic (exact) mass is 288 g/mol. The average molecular weight is 288 g/mol. The van der Waals surface area contributed by atoms with Crippen LogP contribution in [0.4, 0.5) is 4.79 Å². The summed E-state index contributed by atoms with van der Waals surface area (Å²) in [5, 5.41) is 9.13. The van der Waals surface area contributed by atoms with Gasteiger partial charge in [-0.3, -0.25) is 9.59 Å². The molecule has 0 aromatic rings. The molecule has 0 spiro atoms. The smallest absolute Gasteiger partial charge is 0.325 e. The summed E-state index contributed by atoms with van der Waals surface area (Å²) in [5.41, 5.74) is 0. The topological polar surface area (TPSA) is 96.4 Å². The van der Waals surface area contributed by atoms with Gasteiger partial charge in [-0.05, 0) is 6.92 Å². The zero-order valence-electron chi connectivity index (χ0n) is 11.9. The molecular weight excluding hydrogens is 268 g/mol. The van der Waals surface area contributed by atoms with Crippen LogP contribution < -0.4 is 0 Å². The van der Waals surface area contributed by atoms with Crippen LogP contribution >= 0.6 is 0 Å². The van der Waals surface area contributed by atoms with Gasteiger partial charge < -0.3 is 24.4 Å². The molecule has 0 aliphatic carbocycles. The molecule has 1 rings (SSSR count). The number of likely N-dealkylation sites (N-methyl/N-ethyl adjacent to an activating group) is 2. The number of methoxy groups -OCH3 is 1. The van der Waals surface area contributed by atoms with E-state index in [2.05, 4.69) is 4.74 Å². The number of hydrogen-bond acceptors (Lipinski definition) is 5. The van der Waals surface area contributed by atoms with Crippen LogP contribution in [0.5, 0.6) is 0 Å². The van der Waals surface area contributed by atoms with Gasteiger partial charge in [-0.25, -0.2) is 4.79 Å². The first-order valence-corrected chi connectivity index (χ1v) is 6.31. The molecule has 2 unspecified atom stereocenters. The van der Waals surface area contributed by atoms with Gasteiger partial charge >= 0.3 is 18.0 Å². The first-order chi connectivity index (χ1) is 9.42. The molecule has 0 radical (unpaired) electrons. The van der Waals surface area contributed by atoms with E-state index in [-0.39, 0.29) is 19.8 Å². The van der Waals surface area contributed by atoms with E-state index in [4.69, 9.17) is 9.84 Å². The maximum Gasteiger partial charge on any atom is 0.325 e. The van der Waals surface area contributed by atoms with Gasteiger partial charge in [0, 0.05) is 13.6 Å². The molecule has 1 saturated heterocycles. The molecule has 2 atom stereocenters. The summed E-state index contributed by atoms with van der Waals surface area (Å²) in [6.07, 6.45) is 0. The molecule has 0 bridgehead atoms. The maximum absolute atomic E-state index is 12.3. The number of carbonyl (C=O) groups excluding carboxylic acids is 2. The van der Waals surface area contributed by atoms with Crippen molar-refractivity contribution in [2.75, 3.05) is 40.5 Å². The fourth-order valence-electron chi connectivity index (χ4n) is 2.14. The second-order valence-electron chi connectivity index (χ2n) is 4.55. The molecule has 0 aromatic carbocycles. The molecule has 8 nitrogen and oxygen atoms in total. The van der Waals surface area contributed by atoms with Gasteiger partial charge in [-0.1, -0.05) is 0 Å². The molecular formula is C12H20N2O6. The highest BCUT2D eigenvalue weighted by molar-refractivity contribution is 5.81. The van der Waals surface area contributed by atoms with E-state index in [1.54, 1.807) is 6.92 Å². The van der Waals surface area contributed by atoms with Crippen molar-refractivity contribution < 1.29 is 29.0 Å². The number of ether oxygens (including phenoxy) is 2. The van der Waals surface area contributed by atoms with Crippen molar-refractivity contribution in [2.24, 2.45) is 5.92 Å². The molecule has 1 N–H and O–H groups in total. The van der Waals surface area contributed by atoms with Crippen LogP contribution in [0, 0.1) is 5.92 Å². The summed E-state index contributed by atoms with van der Waals surface area (Å²) < 4.78 is 9.66. The highest BCUT2D eigenvalue weighted by Gasteiger charge is 2.40. The van der Waals surface area contributed by atoms with Crippen LogP contribution in [-0.2, 0) is 19.1 Å². The Labute approximate surface area is 117 Å². The third-order valence-corrected chi connectivity index (χ3v) is 3.27. The van der Waals surface area contributed by atoms with E-state index >= 15 is 0 Å². The van der Waals surface area contributed by atoms with Crippen LogP contribution in [0.1, 0.15) is 6.92 Å². The normalized spacial score (nSPS) is 21.4. The van der Waals surface area contributed by atoms with Gasteiger partial charge in [0.1, 0.15) is 12.5 Å². The second-order valence-corrected chi connectivity index (χ2v) is 4.55. The van der Waals surface area contributed by atoms with Crippen LogP contribution in [0.15, 0.2) is 0 Å². The number of hydrogen-bond donors (Lipinski definition) is 1. The van der Waals surface area contributed by atoms with Crippen molar-refractivity contribution in [1.82, 2.24) is 9.80 Å². The molecule has 0 saturated carbocycles. The number of nitrogens with zero attached hydrogens (tertiary/aromatic N) is 2. The lowest BCUT2D eigenvalue weighted by molar-refractivity contribution is -0.143. The van der Waals surface area contributed by atoms with Crippen LogP contribution in [0.3, 0.4) is 0 Å². The van der Waals surface area contributed by atoms with E-state index in [1.807, 2.05) is 0 Å². The molecule has 20 heavy (non-hydrogen) atoms. The minimum absolute atomic E-state index is 0.0878. The average Bonchev–Trinajstić information content (AvgIpc) is 2.88. The van der Waals surface area contributed by atoms with Crippen molar-refractivity contribution in [1.29, 1.82) is 0 Å². The number of carbonyl (C=O) groups is 3. The van der Waals surface area contributed by atoms with Gasteiger partial charge in [-0.15, -0.1) is 0 Å². The summed E-state index contributed by atoms with van der Waals surface area (Å²) >= 11 is 0. The molecule has 114 valence electrons. The first-order valence-electron chi connectivity index (χ1n) is 6.31. The lowest BCUT2D eigenvalue weighted by atomic mass is 10.0. The summed E-state index contributed by atoms with van der Waals surface area (Å²) in [6, 6.07) is -0.940. The van der Waals surface area contributed by atoms with Gasteiger partial charge in [0.05, 0.1) is 26.4 Å². The van der Waals surface area contributed by atoms with Crippen molar-refractivity contribution >= 4 is 18.0 Å². The lowest BCUT2D eigenvalue weighted by Crippen LogP contribution is -2.51. The minimum Gasteiger partial charge on any atom is -0.481 e. The summed E-state index contributed by atoms with van der Waals surface area (Å²) in [4.78, 5) is 37.2. The van der Waals surface area contributed by atoms with E-state index in [0.29, 0.717) is 6.54 Å². The summed E-state index contributed by atoms with van der Waals surface area (Å²) in [7, 11) is 2.71. The van der Waals surface area contributed by atoms with Crippen molar-refractivity contribution in [3.63, 3.8) is 0 Å². The zero-order chi connectivity index (χ0) is 15.3. The van der Waals surface area contributed by atoms with Gasteiger partial charge in [0.25, 0.3) is 0 Å². The van der Waals surface area contributed by atoms with Crippen LogP contribution in [0.2, 0.25) is 0 Å². The zero-order valence-corrected chi connectivity index (χ0v) is 11.9. The SMILES string of the molecule is CCN(C(=O)N(C)CC(=O)OC)C1COCC1C(=O)O. The Morgan fingerprint density at radius 3 is 2.50 bits per heavy atom. The standard InChI is InChI=1S/C12H20N2O6/c1-4-14(9-7-20-6-8(9)11(16)17)12(18)13(2)5-10(15)19-3/h8-9H,4-7H2,1-3H3,(H,16,17). The summed E-state index contributed by atoms with van der Waals surface area (Å²) in [5.74, 6) is -2.27. The third-order valence-electron chi connectivity index (χ3n) is 3.27. The number of rotatable bonds is 5. The lowest BCUT2D eigenvalue weighted by Gasteiger charge is -2.32. The third kappa shape index (κ3) is 3.60. The number of amides is 2. The molecule has 1 aliphatic heterocycles. The predicted molar refractivity (Wildman–Crippen MR) is 68.2 cm³/mol. The van der Waals surface area contributed by atoms with E-state index in [9.17, 15) is 14.4 Å². The molecule has 1 aliphatic rings. The quantitative estimate of drug-likeness (QED) is 0.694. The Bertz CT molecular complexity index is 386. The van der Waals surface area contributed by atoms with Crippen molar-refractivity contribution in [2.45, 2.75) is 13.0 Å². The minimum atomic E-state index is -0.991. The maximum atomic E-state index is 12.3. The fraction of sp³-hybridized carbons (Fsp3) is 0.750. The Morgan fingerprint density at radius 1 is 1.35 bits per heavy atom. The fourth-order valence-corrected chi connectivity index (χ4v) is 2.14. The number of carboxylic acid groups (broad SMARTS) is 1. The van der Waals surface area contributed by atoms with E-state index in [1.165, 1.54) is 24.0 Å². The second kappa shape index (κ2) is 7.09. The Morgan fingerprint density at radius 2 is 2.00 bits per heavy atom. The van der Waals surface area contributed by atoms with Gasteiger partial charge in [-0.2, -0.15) is 0 Å². The number of aliphatic carboxylic acids is 1. The Kier molecular flexibility index (Phi) is 5.75. The first kappa shape index (κ1) is 16.2. The van der Waals surface area contributed by atoms with E-state index < -0.39 is 29.9 Å². The van der Waals surface area contributed by atoms with Crippen LogP contribution in [0.25, 0.3) is 0 Å². The number of urea groups is 1. The Balaban J connectivity index is 2.76. The molecule has 2 amide bonds. The molecule has 1 heterocycles. The predicted octanol–water partition coefficient (Wildman–Crippen LogP) is -0.367. The largest absolute Gasteiger partial charge is 0.481 e. The van der Waals surface area contributed by atoms with Crippen LogP contribution in [-0.4, -0.2) is 79.4 Å². The number of esters is 1. The van der Waals surface area contributed by atoms with Gasteiger partial charge in [0.2, 0.25) is 0 Å². The summed E-state index contributed by atoms with van der Waals surface area (Å²) in [6.45, 7) is 2.17. The van der Waals surface area contributed by atoms with E-state index in [0.717, 1.165) is 0 Å².